The van der Waals surface area contributed by atoms with Crippen molar-refractivity contribution < 1.29 is 0 Å². The van der Waals surface area contributed by atoms with Crippen LogP contribution in [0, 0.1) is 14.9 Å². The minimum atomic E-state index is 0.758. The van der Waals surface area contributed by atoms with E-state index in [1.54, 1.807) is 0 Å². The van der Waals surface area contributed by atoms with Gasteiger partial charge in [-0.1, -0.05) is 6.92 Å². The molecule has 1 rings (SSSR count). The Labute approximate surface area is 80.2 Å². The van der Waals surface area contributed by atoms with Crippen molar-refractivity contribution in [2.75, 3.05) is 0 Å². The Kier molecular flexibility index (Phi) is 2.89. The lowest BCUT2D eigenvalue weighted by Gasteiger charge is -1.97. The molecule has 0 N–H and O–H groups in total. The second-order valence-corrected chi connectivity index (χ2v) is 3.56. The summed E-state index contributed by atoms with van der Waals surface area (Å²) in [4.78, 5) is 0. The van der Waals surface area contributed by atoms with Gasteiger partial charge in [0.15, 0.2) is 0 Å². The van der Waals surface area contributed by atoms with Crippen molar-refractivity contribution in [3.05, 3.63) is 32.9 Å². The first kappa shape index (κ1) is 8.54. The maximum Gasteiger partial charge on any atom is 0.0992 e. The number of hydrogen-bond acceptors (Lipinski definition) is 1. The SMILES string of the molecule is CCc1cc(I)cc(C#N)c1. The summed E-state index contributed by atoms with van der Waals surface area (Å²) in [5.74, 6) is 0. The van der Waals surface area contributed by atoms with Crippen LogP contribution in [0.15, 0.2) is 18.2 Å². The number of hydrogen-bond donors (Lipinski definition) is 0. The zero-order valence-corrected chi connectivity index (χ0v) is 8.42. The minimum Gasteiger partial charge on any atom is -0.192 e. The van der Waals surface area contributed by atoms with Crippen LogP contribution in [0.5, 0.6) is 0 Å². The Morgan fingerprint density at radius 2 is 2.18 bits per heavy atom. The summed E-state index contributed by atoms with van der Waals surface area (Å²) in [6, 6.07) is 8.06. The second-order valence-electron chi connectivity index (χ2n) is 2.31. The first-order valence-corrected chi connectivity index (χ1v) is 4.53. The number of halogens is 1. The van der Waals surface area contributed by atoms with Crippen LogP contribution >= 0.6 is 22.6 Å². The molecule has 0 unspecified atom stereocenters. The highest BCUT2D eigenvalue weighted by Gasteiger charge is 1.95. The third-order valence-corrected chi connectivity index (χ3v) is 2.12. The highest BCUT2D eigenvalue weighted by atomic mass is 127. The van der Waals surface area contributed by atoms with Gasteiger partial charge in [0.05, 0.1) is 11.6 Å². The number of nitrogens with zero attached hydrogens (tertiary/aromatic N) is 1. The molecule has 0 aliphatic heterocycles. The molecule has 0 radical (unpaired) electrons. The summed E-state index contributed by atoms with van der Waals surface area (Å²) in [6.07, 6.45) is 0.992. The van der Waals surface area contributed by atoms with Gasteiger partial charge >= 0.3 is 0 Å². The van der Waals surface area contributed by atoms with E-state index in [0.717, 1.165) is 15.6 Å². The Balaban J connectivity index is 3.15. The largest absolute Gasteiger partial charge is 0.192 e. The van der Waals surface area contributed by atoms with Crippen molar-refractivity contribution in [3.8, 4) is 6.07 Å². The Bertz CT molecular complexity index is 299. The molecule has 0 bridgehead atoms. The molecule has 0 atom stereocenters. The summed E-state index contributed by atoms with van der Waals surface area (Å²) in [6.45, 7) is 2.09. The molecule has 0 aliphatic rings. The zero-order chi connectivity index (χ0) is 8.27. The first-order chi connectivity index (χ1) is 5.26. The predicted octanol–water partition coefficient (Wildman–Crippen LogP) is 2.73. The Morgan fingerprint density at radius 3 is 2.73 bits per heavy atom. The zero-order valence-electron chi connectivity index (χ0n) is 6.26. The summed E-state index contributed by atoms with van der Waals surface area (Å²) in [7, 11) is 0. The molecular weight excluding hydrogens is 249 g/mol. The number of rotatable bonds is 1. The molecule has 56 valence electrons. The Morgan fingerprint density at radius 1 is 1.45 bits per heavy atom. The van der Waals surface area contributed by atoms with Crippen molar-refractivity contribution in [2.45, 2.75) is 13.3 Å². The van der Waals surface area contributed by atoms with Crippen LogP contribution in [0.2, 0.25) is 0 Å². The quantitative estimate of drug-likeness (QED) is 0.709. The van der Waals surface area contributed by atoms with Crippen LogP contribution in [0.4, 0.5) is 0 Å². The van der Waals surface area contributed by atoms with E-state index < -0.39 is 0 Å². The highest BCUT2D eigenvalue weighted by Crippen LogP contribution is 2.11. The molecule has 1 aromatic carbocycles. The van der Waals surface area contributed by atoms with Gasteiger partial charge in [0.1, 0.15) is 0 Å². The van der Waals surface area contributed by atoms with Crippen molar-refractivity contribution in [1.82, 2.24) is 0 Å². The topological polar surface area (TPSA) is 23.8 Å². The third kappa shape index (κ3) is 2.19. The van der Waals surface area contributed by atoms with E-state index in [1.165, 1.54) is 5.56 Å². The van der Waals surface area contributed by atoms with Gasteiger partial charge in [0.2, 0.25) is 0 Å². The molecule has 0 saturated heterocycles. The fraction of sp³-hybridized carbons (Fsp3) is 0.222. The molecule has 0 spiro atoms. The fourth-order valence-electron chi connectivity index (χ4n) is 0.919. The average molecular weight is 257 g/mol. The minimum absolute atomic E-state index is 0.758. The summed E-state index contributed by atoms with van der Waals surface area (Å²) in [5, 5.41) is 8.63. The highest BCUT2D eigenvalue weighted by molar-refractivity contribution is 14.1. The van der Waals surface area contributed by atoms with E-state index in [2.05, 4.69) is 41.7 Å². The summed E-state index contributed by atoms with van der Waals surface area (Å²) >= 11 is 2.23. The van der Waals surface area contributed by atoms with Crippen molar-refractivity contribution in [2.24, 2.45) is 0 Å². The maximum atomic E-state index is 8.63. The Hall–Kier alpha value is -0.560. The first-order valence-electron chi connectivity index (χ1n) is 3.46. The van der Waals surface area contributed by atoms with Crippen molar-refractivity contribution in [3.63, 3.8) is 0 Å². The van der Waals surface area contributed by atoms with E-state index in [1.807, 2.05) is 12.1 Å². The normalized spacial score (nSPS) is 9.18. The summed E-state index contributed by atoms with van der Waals surface area (Å²) in [5.41, 5.74) is 1.99. The van der Waals surface area contributed by atoms with Gasteiger partial charge in [-0.3, -0.25) is 0 Å². The van der Waals surface area contributed by atoms with Gasteiger partial charge in [-0.2, -0.15) is 5.26 Å². The fourth-order valence-corrected chi connectivity index (χ4v) is 1.65. The van der Waals surface area contributed by atoms with Crippen LogP contribution < -0.4 is 0 Å². The molecule has 1 aromatic rings. The van der Waals surface area contributed by atoms with Crippen LogP contribution in [-0.2, 0) is 6.42 Å². The lowest BCUT2D eigenvalue weighted by atomic mass is 10.1. The van der Waals surface area contributed by atoms with E-state index in [9.17, 15) is 0 Å². The van der Waals surface area contributed by atoms with Crippen LogP contribution in [0.1, 0.15) is 18.1 Å². The van der Waals surface area contributed by atoms with Crippen molar-refractivity contribution in [1.29, 1.82) is 5.26 Å². The van der Waals surface area contributed by atoms with Crippen molar-refractivity contribution >= 4 is 22.6 Å². The number of aryl methyl sites for hydroxylation is 1. The molecule has 0 aliphatic carbocycles. The molecule has 0 saturated carbocycles. The number of nitriles is 1. The predicted molar refractivity (Wildman–Crippen MR) is 53.3 cm³/mol. The smallest absolute Gasteiger partial charge is 0.0992 e. The lowest BCUT2D eigenvalue weighted by molar-refractivity contribution is 1.13. The lowest BCUT2D eigenvalue weighted by Crippen LogP contribution is -1.84. The van der Waals surface area contributed by atoms with Gasteiger partial charge in [-0.15, -0.1) is 0 Å². The second kappa shape index (κ2) is 3.72. The van der Waals surface area contributed by atoms with E-state index in [4.69, 9.17) is 5.26 Å². The van der Waals surface area contributed by atoms with E-state index >= 15 is 0 Å². The maximum absolute atomic E-state index is 8.63. The summed E-state index contributed by atoms with van der Waals surface area (Å²) < 4.78 is 1.14. The van der Waals surface area contributed by atoms with Gasteiger partial charge in [-0.05, 0) is 52.8 Å². The molecule has 0 amide bonds. The van der Waals surface area contributed by atoms with Gasteiger partial charge in [0, 0.05) is 3.57 Å². The van der Waals surface area contributed by atoms with Crippen LogP contribution in [0.3, 0.4) is 0 Å². The van der Waals surface area contributed by atoms with Crippen LogP contribution in [0.25, 0.3) is 0 Å². The average Bonchev–Trinajstić information content (AvgIpc) is 2.03. The van der Waals surface area contributed by atoms with Gasteiger partial charge in [0.25, 0.3) is 0 Å². The standard InChI is InChI=1S/C9H8IN/c1-2-7-3-8(6-11)5-9(10)4-7/h3-5H,2H2,1H3. The molecule has 0 fully saturated rings. The van der Waals surface area contributed by atoms with E-state index in [-0.39, 0.29) is 0 Å². The monoisotopic (exact) mass is 257 g/mol. The number of benzene rings is 1. The van der Waals surface area contributed by atoms with E-state index in [0.29, 0.717) is 0 Å². The molecule has 11 heavy (non-hydrogen) atoms. The van der Waals surface area contributed by atoms with Crippen LogP contribution in [-0.4, -0.2) is 0 Å². The molecule has 1 nitrogen and oxygen atoms in total. The molecule has 0 heterocycles. The molecule has 2 heteroatoms. The molecular formula is C9H8IN. The third-order valence-electron chi connectivity index (χ3n) is 1.49. The molecule has 0 aromatic heterocycles. The van der Waals surface area contributed by atoms with Gasteiger partial charge in [-0.25, -0.2) is 0 Å². The van der Waals surface area contributed by atoms with Gasteiger partial charge < -0.3 is 0 Å².